The van der Waals surface area contributed by atoms with Crippen molar-refractivity contribution >= 4 is 11.7 Å². The number of urea groups is 1. The Bertz CT molecular complexity index is 794. The minimum atomic E-state index is -0.888. The van der Waals surface area contributed by atoms with Crippen LogP contribution in [0.15, 0.2) is 36.4 Å². The third kappa shape index (κ3) is 3.07. The van der Waals surface area contributed by atoms with Crippen molar-refractivity contribution in [2.75, 3.05) is 11.9 Å². The smallest absolute Gasteiger partial charge is 0.319 e. The van der Waals surface area contributed by atoms with Gasteiger partial charge in [0.25, 0.3) is 0 Å². The van der Waals surface area contributed by atoms with Crippen LogP contribution in [-0.2, 0) is 9.47 Å². The number of para-hydroxylation sites is 1. The van der Waals surface area contributed by atoms with E-state index in [1.807, 2.05) is 38.1 Å². The van der Waals surface area contributed by atoms with Crippen LogP contribution in [0.3, 0.4) is 0 Å². The first kappa shape index (κ1) is 17.0. The molecule has 5 atom stereocenters. The van der Waals surface area contributed by atoms with Gasteiger partial charge in [0.1, 0.15) is 18.2 Å². The zero-order valence-corrected chi connectivity index (χ0v) is 14.6. The van der Waals surface area contributed by atoms with Gasteiger partial charge in [0.15, 0.2) is 6.29 Å². The van der Waals surface area contributed by atoms with Crippen molar-refractivity contribution in [3.05, 3.63) is 47.8 Å². The Morgan fingerprint density at radius 2 is 2.08 bits per heavy atom. The summed E-state index contributed by atoms with van der Waals surface area (Å²) in [4.78, 5) is 12.4. The standard InChI is InChI=1S/C18H22N4O4/c1-10-8-11(2)22(21-10)15-16(23)14(13-9-25-17(15)26-13)20-18(24)19-12-6-4-3-5-7-12/h3-8,13-17,23H,9H2,1-2H3,(H2,19,20,24)/t13-,14-,15-,16+,17-/m1/s1. The monoisotopic (exact) mass is 358 g/mol. The Hall–Kier alpha value is -2.42. The lowest BCUT2D eigenvalue weighted by molar-refractivity contribution is -0.166. The third-order valence-corrected chi connectivity index (χ3v) is 4.79. The van der Waals surface area contributed by atoms with Crippen LogP contribution in [0.2, 0.25) is 0 Å². The lowest BCUT2D eigenvalue weighted by Gasteiger charge is -2.38. The first-order valence-electron chi connectivity index (χ1n) is 8.63. The minimum absolute atomic E-state index is 0.313. The van der Waals surface area contributed by atoms with Crippen LogP contribution in [0.4, 0.5) is 10.5 Å². The molecule has 4 rings (SSSR count). The van der Waals surface area contributed by atoms with E-state index in [1.165, 1.54) is 0 Å². The van der Waals surface area contributed by atoms with Crippen LogP contribution in [0, 0.1) is 13.8 Å². The van der Waals surface area contributed by atoms with E-state index in [1.54, 1.807) is 16.8 Å². The lowest BCUT2D eigenvalue weighted by atomic mass is 9.96. The van der Waals surface area contributed by atoms with Crippen LogP contribution in [0.25, 0.3) is 0 Å². The number of fused-ring (bicyclic) bond motifs is 2. The van der Waals surface area contributed by atoms with Gasteiger partial charge in [-0.15, -0.1) is 0 Å². The SMILES string of the molecule is Cc1cc(C)n([C@H]2[C@@H]3OC[C@@H](O3)[C@@H](NC(=O)Nc3ccccc3)[C@@H]2O)n1. The molecule has 2 aromatic rings. The number of anilines is 1. The van der Waals surface area contributed by atoms with Crippen molar-refractivity contribution in [3.8, 4) is 0 Å². The van der Waals surface area contributed by atoms with Crippen LogP contribution in [-0.4, -0.2) is 52.1 Å². The molecule has 8 heteroatoms. The highest BCUT2D eigenvalue weighted by atomic mass is 16.7. The van der Waals surface area contributed by atoms with Gasteiger partial charge in [-0.2, -0.15) is 5.10 Å². The average Bonchev–Trinajstić information content (AvgIpc) is 3.18. The Morgan fingerprint density at radius 3 is 2.77 bits per heavy atom. The van der Waals surface area contributed by atoms with Gasteiger partial charge in [-0.05, 0) is 32.0 Å². The zero-order valence-electron chi connectivity index (χ0n) is 14.6. The van der Waals surface area contributed by atoms with Crippen molar-refractivity contribution in [3.63, 3.8) is 0 Å². The second-order valence-corrected chi connectivity index (χ2v) is 6.72. The number of aliphatic hydroxyl groups is 1. The van der Waals surface area contributed by atoms with Gasteiger partial charge in [0.05, 0.1) is 18.3 Å². The number of aryl methyl sites for hydroxylation is 2. The second-order valence-electron chi connectivity index (χ2n) is 6.72. The Balaban J connectivity index is 1.52. The number of hydrogen-bond acceptors (Lipinski definition) is 5. The molecule has 1 aromatic carbocycles. The molecule has 8 nitrogen and oxygen atoms in total. The number of nitrogens with one attached hydrogen (secondary N) is 2. The quantitative estimate of drug-likeness (QED) is 0.769. The molecule has 2 bridgehead atoms. The van der Waals surface area contributed by atoms with Gasteiger partial charge in [0.2, 0.25) is 0 Å². The highest BCUT2D eigenvalue weighted by Gasteiger charge is 2.52. The van der Waals surface area contributed by atoms with E-state index in [2.05, 4.69) is 15.7 Å². The number of hydrogen-bond donors (Lipinski definition) is 3. The summed E-state index contributed by atoms with van der Waals surface area (Å²) in [6.45, 7) is 4.12. The fourth-order valence-electron chi connectivity index (χ4n) is 3.63. The predicted molar refractivity (Wildman–Crippen MR) is 93.7 cm³/mol. The molecule has 3 N–H and O–H groups in total. The summed E-state index contributed by atoms with van der Waals surface area (Å²) >= 11 is 0. The van der Waals surface area contributed by atoms with E-state index < -0.39 is 36.6 Å². The fraction of sp³-hybridized carbons (Fsp3) is 0.444. The largest absolute Gasteiger partial charge is 0.388 e. The zero-order chi connectivity index (χ0) is 18.3. The van der Waals surface area contributed by atoms with E-state index in [9.17, 15) is 9.90 Å². The number of carbonyl (C=O) groups is 1. The molecule has 2 aliphatic heterocycles. The van der Waals surface area contributed by atoms with Crippen LogP contribution >= 0.6 is 0 Å². The number of aromatic nitrogens is 2. The molecule has 0 spiro atoms. The molecular weight excluding hydrogens is 336 g/mol. The number of amides is 2. The van der Waals surface area contributed by atoms with Crippen molar-refractivity contribution in [2.45, 2.75) is 44.4 Å². The minimum Gasteiger partial charge on any atom is -0.388 e. The maximum atomic E-state index is 12.4. The molecule has 2 saturated heterocycles. The molecule has 138 valence electrons. The van der Waals surface area contributed by atoms with E-state index in [0.29, 0.717) is 12.3 Å². The average molecular weight is 358 g/mol. The number of aliphatic hydroxyl groups excluding tert-OH is 1. The molecule has 1 aromatic heterocycles. The van der Waals surface area contributed by atoms with E-state index >= 15 is 0 Å². The van der Waals surface area contributed by atoms with Crippen molar-refractivity contribution in [1.29, 1.82) is 0 Å². The molecule has 0 radical (unpaired) electrons. The number of rotatable bonds is 3. The number of nitrogens with zero attached hydrogens (tertiary/aromatic N) is 2. The van der Waals surface area contributed by atoms with Crippen LogP contribution in [0.5, 0.6) is 0 Å². The third-order valence-electron chi connectivity index (χ3n) is 4.79. The van der Waals surface area contributed by atoms with Gasteiger partial charge in [-0.1, -0.05) is 18.2 Å². The molecule has 3 heterocycles. The van der Waals surface area contributed by atoms with Crippen LogP contribution in [0.1, 0.15) is 17.4 Å². The van der Waals surface area contributed by atoms with E-state index in [0.717, 1.165) is 11.4 Å². The van der Waals surface area contributed by atoms with Crippen molar-refractivity contribution in [1.82, 2.24) is 15.1 Å². The topological polar surface area (TPSA) is 97.6 Å². The van der Waals surface area contributed by atoms with Gasteiger partial charge in [-0.25, -0.2) is 4.79 Å². The van der Waals surface area contributed by atoms with Gasteiger partial charge < -0.3 is 25.2 Å². The Morgan fingerprint density at radius 1 is 1.31 bits per heavy atom. The Kier molecular flexibility index (Phi) is 4.39. The van der Waals surface area contributed by atoms with Gasteiger partial charge in [0, 0.05) is 11.4 Å². The molecule has 0 aliphatic carbocycles. The number of ether oxygens (including phenoxy) is 2. The predicted octanol–water partition coefficient (Wildman–Crippen LogP) is 1.35. The normalized spacial score (nSPS) is 30.2. The molecule has 2 amide bonds. The summed E-state index contributed by atoms with van der Waals surface area (Å²) in [6.07, 6.45) is -1.87. The van der Waals surface area contributed by atoms with Crippen molar-refractivity contribution in [2.24, 2.45) is 0 Å². The van der Waals surface area contributed by atoms with Crippen LogP contribution < -0.4 is 10.6 Å². The van der Waals surface area contributed by atoms with E-state index in [-0.39, 0.29) is 0 Å². The number of carbonyl (C=O) groups excluding carboxylic acids is 1. The summed E-state index contributed by atoms with van der Waals surface area (Å²) in [5.74, 6) is 0. The van der Waals surface area contributed by atoms with Gasteiger partial charge >= 0.3 is 6.03 Å². The summed E-state index contributed by atoms with van der Waals surface area (Å²) in [7, 11) is 0. The van der Waals surface area contributed by atoms with E-state index in [4.69, 9.17) is 9.47 Å². The molecule has 2 fully saturated rings. The summed E-state index contributed by atoms with van der Waals surface area (Å²) in [5, 5.41) is 21.0. The maximum absolute atomic E-state index is 12.4. The van der Waals surface area contributed by atoms with Gasteiger partial charge in [-0.3, -0.25) is 4.68 Å². The van der Waals surface area contributed by atoms with Crippen molar-refractivity contribution < 1.29 is 19.4 Å². The lowest BCUT2D eigenvalue weighted by Crippen LogP contribution is -2.59. The number of benzene rings is 1. The summed E-state index contributed by atoms with van der Waals surface area (Å²) in [5.41, 5.74) is 2.42. The Labute approximate surface area is 151 Å². The second kappa shape index (κ2) is 6.71. The fourth-order valence-corrected chi connectivity index (χ4v) is 3.63. The first-order valence-corrected chi connectivity index (χ1v) is 8.63. The highest BCUT2D eigenvalue weighted by molar-refractivity contribution is 5.89. The summed E-state index contributed by atoms with van der Waals surface area (Å²) in [6, 6.07) is 9.53. The molecule has 2 aliphatic rings. The maximum Gasteiger partial charge on any atom is 0.319 e. The molecule has 0 saturated carbocycles. The molecule has 26 heavy (non-hydrogen) atoms. The highest BCUT2D eigenvalue weighted by Crippen LogP contribution is 2.36. The first-order chi connectivity index (χ1) is 12.5. The summed E-state index contributed by atoms with van der Waals surface area (Å²) < 4.78 is 13.3. The molecule has 0 unspecified atom stereocenters. The molecular formula is C18H22N4O4.